The molecule has 8 atom stereocenters. The van der Waals surface area contributed by atoms with E-state index in [2.05, 4.69) is 33.8 Å². The minimum Gasteiger partial charge on any atom is -0.396 e. The fourth-order valence-corrected chi connectivity index (χ4v) is 8.49. The monoisotopic (exact) mass is 400 g/mol. The molecule has 0 aromatic carbocycles. The first-order valence-corrected chi connectivity index (χ1v) is 12.7. The Morgan fingerprint density at radius 1 is 1.07 bits per heavy atom. The highest BCUT2D eigenvalue weighted by Crippen LogP contribution is 2.66. The summed E-state index contributed by atoms with van der Waals surface area (Å²) in [5.41, 5.74) is 2.16. The number of aliphatic hydroxyl groups is 1. The third kappa shape index (κ3) is 3.56. The number of rotatable bonds is 6. The third-order valence-electron chi connectivity index (χ3n) is 10.3. The lowest BCUT2D eigenvalue weighted by atomic mass is 9.47. The molecule has 2 nitrogen and oxygen atoms in total. The van der Waals surface area contributed by atoms with Crippen LogP contribution in [0.1, 0.15) is 98.3 Å². The first-order valence-electron chi connectivity index (χ1n) is 12.7. The molecule has 0 spiro atoms. The standard InChI is InChI=1S/C27H44O2/c1-18(17-28)8-7-9-19(2)21-11-12-22-25-23(13-15-27(21,22)4)26(3)14-6-5-10-20(26)16-24(25)29/h16,18-19,21-23,25,28H,5-15,17H2,1-4H3. The van der Waals surface area contributed by atoms with Crippen molar-refractivity contribution in [3.8, 4) is 0 Å². The van der Waals surface area contributed by atoms with Crippen LogP contribution < -0.4 is 0 Å². The number of hydrogen-bond acceptors (Lipinski definition) is 2. The van der Waals surface area contributed by atoms with Crippen LogP contribution in [0.5, 0.6) is 0 Å². The number of aliphatic hydroxyl groups excluding tert-OH is 1. The maximum Gasteiger partial charge on any atom is 0.159 e. The van der Waals surface area contributed by atoms with E-state index in [0.29, 0.717) is 46.9 Å². The Morgan fingerprint density at radius 2 is 1.86 bits per heavy atom. The summed E-state index contributed by atoms with van der Waals surface area (Å²) >= 11 is 0. The van der Waals surface area contributed by atoms with E-state index in [0.717, 1.165) is 18.3 Å². The van der Waals surface area contributed by atoms with Gasteiger partial charge >= 0.3 is 0 Å². The highest BCUT2D eigenvalue weighted by atomic mass is 16.3. The third-order valence-corrected chi connectivity index (χ3v) is 10.3. The van der Waals surface area contributed by atoms with E-state index in [1.165, 1.54) is 69.8 Å². The summed E-state index contributed by atoms with van der Waals surface area (Å²) in [6.45, 7) is 9.99. The predicted octanol–water partition coefficient (Wildman–Crippen LogP) is 6.57. The van der Waals surface area contributed by atoms with Crippen LogP contribution in [0.15, 0.2) is 11.6 Å². The van der Waals surface area contributed by atoms with Crippen molar-refractivity contribution >= 4 is 5.78 Å². The van der Waals surface area contributed by atoms with Crippen molar-refractivity contribution in [2.75, 3.05) is 6.61 Å². The summed E-state index contributed by atoms with van der Waals surface area (Å²) in [5.74, 6) is 3.94. The molecule has 1 N–H and O–H groups in total. The van der Waals surface area contributed by atoms with Gasteiger partial charge in [0.15, 0.2) is 5.78 Å². The maximum atomic E-state index is 13.4. The lowest BCUT2D eigenvalue weighted by Crippen LogP contribution is -2.53. The van der Waals surface area contributed by atoms with Crippen LogP contribution in [0.3, 0.4) is 0 Å². The first kappa shape index (κ1) is 21.6. The normalized spacial score (nSPS) is 43.8. The van der Waals surface area contributed by atoms with Gasteiger partial charge in [0.25, 0.3) is 0 Å². The van der Waals surface area contributed by atoms with Crippen LogP contribution in [-0.4, -0.2) is 17.5 Å². The molecule has 4 aliphatic carbocycles. The van der Waals surface area contributed by atoms with Crippen LogP contribution in [0.2, 0.25) is 0 Å². The van der Waals surface area contributed by atoms with Crippen molar-refractivity contribution in [1.29, 1.82) is 0 Å². The number of allylic oxidation sites excluding steroid dienone is 2. The van der Waals surface area contributed by atoms with Crippen LogP contribution >= 0.6 is 0 Å². The Morgan fingerprint density at radius 3 is 2.62 bits per heavy atom. The molecular formula is C27H44O2. The molecule has 0 radical (unpaired) electrons. The lowest BCUT2D eigenvalue weighted by molar-refractivity contribution is -0.134. The number of fused-ring (bicyclic) bond motifs is 5. The quantitative estimate of drug-likeness (QED) is 0.547. The fourth-order valence-electron chi connectivity index (χ4n) is 8.49. The van der Waals surface area contributed by atoms with E-state index >= 15 is 0 Å². The molecule has 0 saturated heterocycles. The van der Waals surface area contributed by atoms with Gasteiger partial charge in [0.05, 0.1) is 0 Å². The van der Waals surface area contributed by atoms with Crippen LogP contribution in [-0.2, 0) is 4.79 Å². The van der Waals surface area contributed by atoms with E-state index in [9.17, 15) is 9.90 Å². The van der Waals surface area contributed by atoms with Crippen LogP contribution in [0, 0.1) is 46.3 Å². The second kappa shape index (κ2) is 8.13. The lowest BCUT2D eigenvalue weighted by Gasteiger charge is -2.57. The molecule has 4 rings (SSSR count). The summed E-state index contributed by atoms with van der Waals surface area (Å²) in [7, 11) is 0. The first-order chi connectivity index (χ1) is 13.8. The van der Waals surface area contributed by atoms with Crippen LogP contribution in [0.25, 0.3) is 0 Å². The summed E-state index contributed by atoms with van der Waals surface area (Å²) in [4.78, 5) is 13.4. The highest BCUT2D eigenvalue weighted by Gasteiger charge is 2.60. The Kier molecular flexibility index (Phi) is 6.06. The molecule has 0 aromatic heterocycles. The van der Waals surface area contributed by atoms with Gasteiger partial charge in [-0.05, 0) is 97.9 Å². The highest BCUT2D eigenvalue weighted by molar-refractivity contribution is 5.94. The predicted molar refractivity (Wildman–Crippen MR) is 119 cm³/mol. The van der Waals surface area contributed by atoms with Crippen molar-refractivity contribution < 1.29 is 9.90 Å². The summed E-state index contributed by atoms with van der Waals surface area (Å²) < 4.78 is 0. The topological polar surface area (TPSA) is 37.3 Å². The van der Waals surface area contributed by atoms with E-state index in [1.807, 2.05) is 0 Å². The van der Waals surface area contributed by atoms with E-state index < -0.39 is 0 Å². The SMILES string of the molecule is CC(CO)CCCC(C)C1CCC2C3C(=O)C=C4CCCCC4(C)C3CCC12C. The van der Waals surface area contributed by atoms with Gasteiger partial charge in [-0.3, -0.25) is 4.79 Å². The molecule has 29 heavy (non-hydrogen) atoms. The van der Waals surface area contributed by atoms with Crippen molar-refractivity contribution in [3.05, 3.63) is 11.6 Å². The number of carbonyl (C=O) groups is 1. The van der Waals surface area contributed by atoms with Crippen molar-refractivity contribution in [2.24, 2.45) is 46.3 Å². The fraction of sp³-hybridized carbons (Fsp3) is 0.889. The molecule has 3 saturated carbocycles. The molecule has 2 heteroatoms. The van der Waals surface area contributed by atoms with Gasteiger partial charge in [-0.15, -0.1) is 0 Å². The molecule has 164 valence electrons. The summed E-state index contributed by atoms with van der Waals surface area (Å²) in [5, 5.41) is 9.31. The average molecular weight is 401 g/mol. The van der Waals surface area contributed by atoms with Gasteiger partial charge in [0, 0.05) is 12.5 Å². The Bertz CT molecular complexity index is 651. The smallest absolute Gasteiger partial charge is 0.159 e. The average Bonchev–Trinajstić information content (AvgIpc) is 3.05. The van der Waals surface area contributed by atoms with Gasteiger partial charge in [-0.1, -0.05) is 52.5 Å². The molecule has 3 fully saturated rings. The van der Waals surface area contributed by atoms with Crippen molar-refractivity contribution in [1.82, 2.24) is 0 Å². The van der Waals surface area contributed by atoms with E-state index in [-0.39, 0.29) is 0 Å². The second-order valence-corrected chi connectivity index (χ2v) is 11.9. The van der Waals surface area contributed by atoms with Gasteiger partial charge in [-0.25, -0.2) is 0 Å². The second-order valence-electron chi connectivity index (χ2n) is 11.9. The van der Waals surface area contributed by atoms with E-state index in [4.69, 9.17) is 0 Å². The largest absolute Gasteiger partial charge is 0.396 e. The molecule has 0 aliphatic heterocycles. The zero-order valence-electron chi connectivity index (χ0n) is 19.4. The summed E-state index contributed by atoms with van der Waals surface area (Å²) in [6, 6.07) is 0. The molecule has 0 aromatic rings. The minimum absolute atomic E-state index is 0.298. The Labute approximate surface area is 178 Å². The zero-order valence-corrected chi connectivity index (χ0v) is 19.4. The number of ketones is 1. The molecular weight excluding hydrogens is 356 g/mol. The number of hydrogen-bond donors (Lipinski definition) is 1. The summed E-state index contributed by atoms with van der Waals surface area (Å²) in [6.07, 6.45) is 16.1. The maximum absolute atomic E-state index is 13.4. The minimum atomic E-state index is 0.298. The Hall–Kier alpha value is -0.630. The van der Waals surface area contributed by atoms with E-state index in [1.54, 1.807) is 0 Å². The van der Waals surface area contributed by atoms with Crippen molar-refractivity contribution in [3.63, 3.8) is 0 Å². The zero-order chi connectivity index (χ0) is 20.8. The molecule has 0 bridgehead atoms. The van der Waals surface area contributed by atoms with Gasteiger partial charge in [0.2, 0.25) is 0 Å². The molecule has 8 unspecified atom stereocenters. The Balaban J connectivity index is 1.50. The molecule has 0 amide bonds. The van der Waals surface area contributed by atoms with Gasteiger partial charge in [-0.2, -0.15) is 0 Å². The number of carbonyl (C=O) groups excluding carboxylic acids is 1. The molecule has 0 heterocycles. The van der Waals surface area contributed by atoms with Crippen LogP contribution in [0.4, 0.5) is 0 Å². The van der Waals surface area contributed by atoms with Crippen molar-refractivity contribution in [2.45, 2.75) is 98.3 Å². The van der Waals surface area contributed by atoms with Gasteiger partial charge in [0.1, 0.15) is 0 Å². The van der Waals surface area contributed by atoms with Gasteiger partial charge < -0.3 is 5.11 Å². The molecule has 4 aliphatic rings.